The zero-order valence-electron chi connectivity index (χ0n) is 11.2. The number of hydrogen-bond donors (Lipinski definition) is 0. The van der Waals surface area contributed by atoms with E-state index in [1.54, 1.807) is 0 Å². The minimum atomic E-state index is 0.151. The van der Waals surface area contributed by atoms with Crippen molar-refractivity contribution in [3.05, 3.63) is 41.6 Å². The highest BCUT2D eigenvalue weighted by Gasteiger charge is 2.10. The number of hydrogen-bond acceptors (Lipinski definition) is 2. The summed E-state index contributed by atoms with van der Waals surface area (Å²) in [6.45, 7) is 6.29. The van der Waals surface area contributed by atoms with Crippen LogP contribution in [0.3, 0.4) is 0 Å². The largest absolute Gasteiger partial charge is 0.292 e. The number of carbonyl (C=O) groups is 1. The van der Waals surface area contributed by atoms with E-state index in [1.807, 2.05) is 37.3 Å². The van der Waals surface area contributed by atoms with Crippen LogP contribution in [0.5, 0.6) is 0 Å². The van der Waals surface area contributed by atoms with Gasteiger partial charge in [-0.25, -0.2) is 4.98 Å². The highest BCUT2D eigenvalue weighted by molar-refractivity contribution is 5.97. The Kier molecular flexibility index (Phi) is 3.75. The Hall–Kier alpha value is -1.70. The number of nitrogens with zero attached hydrogens (tertiary/aromatic N) is 1. The summed E-state index contributed by atoms with van der Waals surface area (Å²) in [6, 6.07) is 9.86. The fourth-order valence-corrected chi connectivity index (χ4v) is 2.04. The number of ketones is 1. The molecule has 0 fully saturated rings. The van der Waals surface area contributed by atoms with Crippen molar-refractivity contribution in [2.24, 2.45) is 5.92 Å². The Bertz CT molecular complexity index is 572. The van der Waals surface area contributed by atoms with Crippen LogP contribution in [0.25, 0.3) is 10.9 Å². The van der Waals surface area contributed by atoms with Gasteiger partial charge in [-0.2, -0.15) is 0 Å². The van der Waals surface area contributed by atoms with Gasteiger partial charge in [-0.05, 0) is 37.0 Å². The molecule has 0 atom stereocenters. The van der Waals surface area contributed by atoms with Crippen LogP contribution < -0.4 is 0 Å². The number of rotatable bonds is 4. The molecule has 2 nitrogen and oxygen atoms in total. The van der Waals surface area contributed by atoms with Gasteiger partial charge < -0.3 is 0 Å². The highest BCUT2D eigenvalue weighted by atomic mass is 16.1. The third-order valence-electron chi connectivity index (χ3n) is 3.16. The van der Waals surface area contributed by atoms with E-state index in [9.17, 15) is 4.79 Å². The molecule has 0 aliphatic rings. The Morgan fingerprint density at radius 3 is 2.72 bits per heavy atom. The van der Waals surface area contributed by atoms with E-state index >= 15 is 0 Å². The topological polar surface area (TPSA) is 30.0 Å². The van der Waals surface area contributed by atoms with Gasteiger partial charge in [-0.15, -0.1) is 0 Å². The fourth-order valence-electron chi connectivity index (χ4n) is 2.04. The number of fused-ring (bicyclic) bond motifs is 1. The second-order valence-electron chi connectivity index (χ2n) is 5.20. The maximum Gasteiger partial charge on any atom is 0.181 e. The third-order valence-corrected chi connectivity index (χ3v) is 3.16. The van der Waals surface area contributed by atoms with Crippen molar-refractivity contribution in [3.8, 4) is 0 Å². The predicted molar refractivity (Wildman–Crippen MR) is 74.9 cm³/mol. The normalized spacial score (nSPS) is 11.1. The van der Waals surface area contributed by atoms with Gasteiger partial charge in [0.2, 0.25) is 0 Å². The molecule has 0 spiro atoms. The SMILES string of the molecule is Cc1cc(C(=O)CCC(C)C)nc2ccccc12. The first kappa shape index (κ1) is 12.7. The number of pyridine rings is 1. The van der Waals surface area contributed by atoms with Gasteiger partial charge in [0.05, 0.1) is 5.52 Å². The summed E-state index contributed by atoms with van der Waals surface area (Å²) in [5.41, 5.74) is 2.63. The van der Waals surface area contributed by atoms with Gasteiger partial charge in [0.1, 0.15) is 5.69 Å². The van der Waals surface area contributed by atoms with Crippen molar-refractivity contribution in [1.29, 1.82) is 0 Å². The molecule has 0 unspecified atom stereocenters. The van der Waals surface area contributed by atoms with Crippen molar-refractivity contribution < 1.29 is 4.79 Å². The fraction of sp³-hybridized carbons (Fsp3) is 0.375. The van der Waals surface area contributed by atoms with E-state index in [4.69, 9.17) is 0 Å². The zero-order chi connectivity index (χ0) is 13.1. The lowest BCUT2D eigenvalue weighted by atomic mass is 10.0. The molecule has 2 aromatic rings. The van der Waals surface area contributed by atoms with Gasteiger partial charge in [-0.3, -0.25) is 4.79 Å². The number of aryl methyl sites for hydroxylation is 1. The second kappa shape index (κ2) is 5.30. The molecule has 0 bridgehead atoms. The van der Waals surface area contributed by atoms with Crippen molar-refractivity contribution in [1.82, 2.24) is 4.98 Å². The van der Waals surface area contributed by atoms with Gasteiger partial charge in [0.25, 0.3) is 0 Å². The van der Waals surface area contributed by atoms with E-state index in [2.05, 4.69) is 18.8 Å². The molecule has 0 N–H and O–H groups in total. The van der Waals surface area contributed by atoms with Gasteiger partial charge in [0, 0.05) is 11.8 Å². The maximum atomic E-state index is 12.1. The van der Waals surface area contributed by atoms with Crippen molar-refractivity contribution in [2.75, 3.05) is 0 Å². The van der Waals surface area contributed by atoms with Crippen molar-refractivity contribution in [3.63, 3.8) is 0 Å². The first-order chi connectivity index (χ1) is 8.58. The van der Waals surface area contributed by atoms with E-state index < -0.39 is 0 Å². The molecule has 2 heteroatoms. The number of benzene rings is 1. The Labute approximate surface area is 108 Å². The molecule has 0 radical (unpaired) electrons. The monoisotopic (exact) mass is 241 g/mol. The number of Topliss-reactive ketones (excluding diaryl/α,β-unsaturated/α-hetero) is 1. The molecule has 0 aliphatic carbocycles. The molecule has 1 aromatic heterocycles. The zero-order valence-corrected chi connectivity index (χ0v) is 11.2. The molecular formula is C16H19NO. The van der Waals surface area contributed by atoms with Gasteiger partial charge in [0.15, 0.2) is 5.78 Å². The number of aromatic nitrogens is 1. The average Bonchev–Trinajstić information content (AvgIpc) is 2.36. The molecule has 18 heavy (non-hydrogen) atoms. The van der Waals surface area contributed by atoms with Crippen molar-refractivity contribution >= 4 is 16.7 Å². The standard InChI is InChI=1S/C16H19NO/c1-11(2)8-9-16(18)15-10-12(3)13-6-4-5-7-14(13)17-15/h4-7,10-11H,8-9H2,1-3H3. The molecule has 0 saturated heterocycles. The minimum absolute atomic E-state index is 0.151. The van der Waals surface area contributed by atoms with Crippen LogP contribution in [-0.4, -0.2) is 10.8 Å². The third kappa shape index (κ3) is 2.76. The van der Waals surface area contributed by atoms with Crippen molar-refractivity contribution in [2.45, 2.75) is 33.6 Å². The predicted octanol–water partition coefficient (Wildman–Crippen LogP) is 4.16. The van der Waals surface area contributed by atoms with Gasteiger partial charge in [-0.1, -0.05) is 32.0 Å². The van der Waals surface area contributed by atoms with Gasteiger partial charge >= 0.3 is 0 Å². The lowest BCUT2D eigenvalue weighted by Gasteiger charge is -2.07. The first-order valence-electron chi connectivity index (χ1n) is 6.47. The van der Waals surface area contributed by atoms with Crippen LogP contribution in [0, 0.1) is 12.8 Å². The summed E-state index contributed by atoms with van der Waals surface area (Å²) in [5, 5.41) is 1.12. The lowest BCUT2D eigenvalue weighted by Crippen LogP contribution is -2.04. The molecule has 2 rings (SSSR count). The summed E-state index contributed by atoms with van der Waals surface area (Å²) < 4.78 is 0. The van der Waals surface area contributed by atoms with E-state index in [0.717, 1.165) is 22.9 Å². The maximum absolute atomic E-state index is 12.1. The smallest absolute Gasteiger partial charge is 0.181 e. The quantitative estimate of drug-likeness (QED) is 0.752. The van der Waals surface area contributed by atoms with E-state index in [1.165, 1.54) is 0 Å². The van der Waals surface area contributed by atoms with Crippen LogP contribution >= 0.6 is 0 Å². The summed E-state index contributed by atoms with van der Waals surface area (Å²) in [4.78, 5) is 16.5. The molecule has 1 aromatic carbocycles. The molecule has 1 heterocycles. The number of carbonyl (C=O) groups excluding carboxylic acids is 1. The summed E-state index contributed by atoms with van der Waals surface area (Å²) >= 11 is 0. The summed E-state index contributed by atoms with van der Waals surface area (Å²) in [7, 11) is 0. The van der Waals surface area contributed by atoms with E-state index in [-0.39, 0.29) is 5.78 Å². The number of para-hydroxylation sites is 1. The first-order valence-corrected chi connectivity index (χ1v) is 6.47. The van der Waals surface area contributed by atoms with Crippen LogP contribution in [-0.2, 0) is 0 Å². The highest BCUT2D eigenvalue weighted by Crippen LogP contribution is 2.18. The van der Waals surface area contributed by atoms with Crippen LogP contribution in [0.4, 0.5) is 0 Å². The Morgan fingerprint density at radius 1 is 1.28 bits per heavy atom. The van der Waals surface area contributed by atoms with Crippen LogP contribution in [0.2, 0.25) is 0 Å². The molecular weight excluding hydrogens is 222 g/mol. The average molecular weight is 241 g/mol. The van der Waals surface area contributed by atoms with E-state index in [0.29, 0.717) is 18.0 Å². The second-order valence-corrected chi connectivity index (χ2v) is 5.20. The molecule has 0 saturated carbocycles. The lowest BCUT2D eigenvalue weighted by molar-refractivity contribution is 0.0971. The summed E-state index contributed by atoms with van der Waals surface area (Å²) in [5.74, 6) is 0.702. The molecule has 0 aliphatic heterocycles. The van der Waals surface area contributed by atoms with Crippen LogP contribution in [0.1, 0.15) is 42.7 Å². The minimum Gasteiger partial charge on any atom is -0.292 e. The Balaban J connectivity index is 2.31. The van der Waals surface area contributed by atoms with Crippen LogP contribution in [0.15, 0.2) is 30.3 Å². The summed E-state index contributed by atoms with van der Waals surface area (Å²) in [6.07, 6.45) is 1.51. The Morgan fingerprint density at radius 2 is 2.00 bits per heavy atom. The molecule has 0 amide bonds. The molecule has 94 valence electrons.